The van der Waals surface area contributed by atoms with Crippen molar-refractivity contribution in [1.82, 2.24) is 5.32 Å². The van der Waals surface area contributed by atoms with Crippen molar-refractivity contribution < 1.29 is 19.4 Å². The summed E-state index contributed by atoms with van der Waals surface area (Å²) in [4.78, 5) is 22.7. The molecule has 0 spiro atoms. The first-order valence-corrected chi connectivity index (χ1v) is 6.22. The Labute approximate surface area is 118 Å². The first-order chi connectivity index (χ1) is 9.36. The van der Waals surface area contributed by atoms with Gasteiger partial charge >= 0.3 is 12.0 Å². The second-order valence-corrected chi connectivity index (χ2v) is 5.09. The molecule has 0 saturated heterocycles. The lowest BCUT2D eigenvalue weighted by molar-refractivity contribution is -0.146. The number of carboxylic acids is 1. The van der Waals surface area contributed by atoms with Crippen LogP contribution in [0.15, 0.2) is 24.3 Å². The Bertz CT molecular complexity index is 486. The largest absolute Gasteiger partial charge is 0.481 e. The van der Waals surface area contributed by atoms with Gasteiger partial charge in [-0.05, 0) is 19.9 Å². The summed E-state index contributed by atoms with van der Waals surface area (Å²) in [5, 5.41) is 14.2. The summed E-state index contributed by atoms with van der Waals surface area (Å²) in [5.74, 6) is -0.961. The number of para-hydroxylation sites is 1. The van der Waals surface area contributed by atoms with Crippen molar-refractivity contribution in [1.29, 1.82) is 0 Å². The minimum absolute atomic E-state index is 0.0423. The maximum atomic E-state index is 11.8. The van der Waals surface area contributed by atoms with E-state index in [4.69, 9.17) is 9.84 Å². The number of methoxy groups -OCH3 is 1. The summed E-state index contributed by atoms with van der Waals surface area (Å²) in [7, 11) is 1.58. The van der Waals surface area contributed by atoms with E-state index in [2.05, 4.69) is 10.6 Å². The summed E-state index contributed by atoms with van der Waals surface area (Å²) >= 11 is 0. The first kappa shape index (κ1) is 16.0. The maximum Gasteiger partial charge on any atom is 0.319 e. The predicted molar refractivity (Wildman–Crippen MR) is 75.6 cm³/mol. The molecule has 1 rings (SSSR count). The zero-order valence-corrected chi connectivity index (χ0v) is 11.9. The Balaban J connectivity index is 2.61. The monoisotopic (exact) mass is 280 g/mol. The summed E-state index contributed by atoms with van der Waals surface area (Å²) in [6.45, 7) is 3.53. The van der Waals surface area contributed by atoms with E-state index >= 15 is 0 Å². The lowest BCUT2D eigenvalue weighted by Crippen LogP contribution is -2.40. The quantitative estimate of drug-likeness (QED) is 0.744. The zero-order valence-electron chi connectivity index (χ0n) is 11.9. The fourth-order valence-corrected chi connectivity index (χ4v) is 1.47. The Kier molecular flexibility index (Phi) is 5.52. The van der Waals surface area contributed by atoms with Gasteiger partial charge in [0.05, 0.1) is 12.0 Å². The van der Waals surface area contributed by atoms with Gasteiger partial charge in [0.2, 0.25) is 0 Å². The van der Waals surface area contributed by atoms with Gasteiger partial charge in [0.25, 0.3) is 0 Å². The second-order valence-electron chi connectivity index (χ2n) is 5.09. The van der Waals surface area contributed by atoms with Gasteiger partial charge in [-0.2, -0.15) is 0 Å². The highest BCUT2D eigenvalue weighted by atomic mass is 16.5. The van der Waals surface area contributed by atoms with E-state index in [-0.39, 0.29) is 6.54 Å². The van der Waals surface area contributed by atoms with Crippen LogP contribution in [0.4, 0.5) is 10.5 Å². The molecule has 1 aromatic carbocycles. The van der Waals surface area contributed by atoms with Crippen LogP contribution in [-0.4, -0.2) is 30.8 Å². The molecule has 0 aliphatic carbocycles. The van der Waals surface area contributed by atoms with Crippen molar-refractivity contribution in [3.05, 3.63) is 29.8 Å². The van der Waals surface area contributed by atoms with Gasteiger partial charge in [0.15, 0.2) is 0 Å². The van der Waals surface area contributed by atoms with Gasteiger partial charge in [0, 0.05) is 24.9 Å². The molecule has 0 aromatic heterocycles. The van der Waals surface area contributed by atoms with Gasteiger partial charge < -0.3 is 20.5 Å². The molecule has 0 heterocycles. The number of ether oxygens (including phenoxy) is 1. The predicted octanol–water partition coefficient (Wildman–Crippen LogP) is 2.07. The second kappa shape index (κ2) is 6.91. The van der Waals surface area contributed by atoms with Crippen LogP contribution in [0.25, 0.3) is 0 Å². The van der Waals surface area contributed by atoms with Crippen molar-refractivity contribution >= 4 is 17.7 Å². The number of nitrogens with one attached hydrogen (secondary N) is 2. The molecule has 2 amide bonds. The number of hydrogen-bond donors (Lipinski definition) is 3. The van der Waals surface area contributed by atoms with Crippen LogP contribution < -0.4 is 10.6 Å². The van der Waals surface area contributed by atoms with Gasteiger partial charge in [-0.1, -0.05) is 18.2 Å². The molecule has 0 radical (unpaired) electrons. The van der Waals surface area contributed by atoms with E-state index in [0.717, 1.165) is 5.56 Å². The van der Waals surface area contributed by atoms with E-state index in [0.29, 0.717) is 12.3 Å². The Morgan fingerprint density at radius 3 is 2.55 bits per heavy atom. The number of amides is 2. The number of carboxylic acid groups (broad SMARTS) is 1. The van der Waals surface area contributed by atoms with Crippen molar-refractivity contribution in [2.24, 2.45) is 5.41 Å². The molecule has 1 aromatic rings. The number of anilines is 1. The molecule has 0 aliphatic rings. The number of aliphatic carboxylic acids is 1. The van der Waals surface area contributed by atoms with Crippen LogP contribution in [-0.2, 0) is 16.1 Å². The fraction of sp³-hybridized carbons (Fsp3) is 0.429. The third-order valence-corrected chi connectivity index (χ3v) is 2.84. The Hall–Kier alpha value is -2.08. The highest BCUT2D eigenvalue weighted by Gasteiger charge is 2.27. The molecule has 110 valence electrons. The smallest absolute Gasteiger partial charge is 0.319 e. The normalized spacial score (nSPS) is 10.9. The molecule has 0 aliphatic heterocycles. The average Bonchev–Trinajstić information content (AvgIpc) is 2.39. The number of carbonyl (C=O) groups is 2. The molecule has 0 saturated carbocycles. The summed E-state index contributed by atoms with van der Waals surface area (Å²) in [6, 6.07) is 6.82. The minimum atomic E-state index is -1.01. The van der Waals surface area contributed by atoms with Gasteiger partial charge in [-0.25, -0.2) is 4.79 Å². The average molecular weight is 280 g/mol. The Morgan fingerprint density at radius 1 is 1.30 bits per heavy atom. The lowest BCUT2D eigenvalue weighted by Gasteiger charge is -2.20. The number of hydrogen-bond acceptors (Lipinski definition) is 3. The Morgan fingerprint density at radius 2 is 1.95 bits per heavy atom. The van der Waals surface area contributed by atoms with Crippen molar-refractivity contribution in [2.45, 2.75) is 20.5 Å². The van der Waals surface area contributed by atoms with E-state index in [1.165, 1.54) is 0 Å². The van der Waals surface area contributed by atoms with E-state index in [1.807, 2.05) is 12.1 Å². The minimum Gasteiger partial charge on any atom is -0.481 e. The molecule has 0 unspecified atom stereocenters. The highest BCUT2D eigenvalue weighted by molar-refractivity contribution is 5.90. The molecular formula is C14H20N2O4. The van der Waals surface area contributed by atoms with E-state index in [9.17, 15) is 9.59 Å². The molecule has 0 bridgehead atoms. The summed E-state index contributed by atoms with van der Waals surface area (Å²) in [5.41, 5.74) is 0.478. The van der Waals surface area contributed by atoms with Crippen LogP contribution in [0.1, 0.15) is 19.4 Å². The molecule has 0 atom stereocenters. The van der Waals surface area contributed by atoms with Crippen LogP contribution >= 0.6 is 0 Å². The maximum absolute atomic E-state index is 11.8. The highest BCUT2D eigenvalue weighted by Crippen LogP contribution is 2.16. The molecular weight excluding hydrogens is 260 g/mol. The molecule has 20 heavy (non-hydrogen) atoms. The molecule has 6 nitrogen and oxygen atoms in total. The third-order valence-electron chi connectivity index (χ3n) is 2.84. The molecule has 6 heteroatoms. The van der Waals surface area contributed by atoms with Crippen LogP contribution in [0.5, 0.6) is 0 Å². The van der Waals surface area contributed by atoms with Crippen LogP contribution in [0.2, 0.25) is 0 Å². The van der Waals surface area contributed by atoms with Crippen LogP contribution in [0, 0.1) is 5.41 Å². The number of carbonyl (C=O) groups excluding carboxylic acids is 1. The number of urea groups is 1. The van der Waals surface area contributed by atoms with Gasteiger partial charge in [-0.15, -0.1) is 0 Å². The molecule has 0 fully saturated rings. The zero-order chi connectivity index (χ0) is 15.2. The van der Waals surface area contributed by atoms with Gasteiger partial charge in [-0.3, -0.25) is 4.79 Å². The lowest BCUT2D eigenvalue weighted by atomic mass is 9.94. The van der Waals surface area contributed by atoms with E-state index < -0.39 is 17.4 Å². The number of rotatable bonds is 6. The third kappa shape index (κ3) is 4.55. The topological polar surface area (TPSA) is 87.7 Å². The van der Waals surface area contributed by atoms with E-state index in [1.54, 1.807) is 33.1 Å². The van der Waals surface area contributed by atoms with Crippen molar-refractivity contribution in [2.75, 3.05) is 19.0 Å². The van der Waals surface area contributed by atoms with Gasteiger partial charge in [0.1, 0.15) is 0 Å². The fourth-order valence-electron chi connectivity index (χ4n) is 1.47. The number of benzene rings is 1. The first-order valence-electron chi connectivity index (χ1n) is 6.22. The SMILES string of the molecule is COCc1ccccc1NC(=O)NCC(C)(C)C(=O)O. The van der Waals surface area contributed by atoms with Crippen molar-refractivity contribution in [3.8, 4) is 0 Å². The van der Waals surface area contributed by atoms with Crippen molar-refractivity contribution in [3.63, 3.8) is 0 Å². The van der Waals surface area contributed by atoms with Crippen LogP contribution in [0.3, 0.4) is 0 Å². The molecule has 3 N–H and O–H groups in total. The summed E-state index contributed by atoms with van der Waals surface area (Å²) < 4.78 is 5.05. The summed E-state index contributed by atoms with van der Waals surface area (Å²) in [6.07, 6.45) is 0. The standard InChI is InChI=1S/C14H20N2O4/c1-14(2,12(17)18)9-15-13(19)16-11-7-5-4-6-10(11)8-20-3/h4-7H,8-9H2,1-3H3,(H,17,18)(H2,15,16,19).